The quantitative estimate of drug-likeness (QED) is 0.0989. The summed E-state index contributed by atoms with van der Waals surface area (Å²) in [6, 6.07) is 25.4. The Morgan fingerprint density at radius 2 is 1.91 bits per heavy atom. The molecule has 0 spiro atoms. The number of para-hydroxylation sites is 1. The van der Waals surface area contributed by atoms with Crippen molar-refractivity contribution in [3.8, 4) is 23.4 Å². The van der Waals surface area contributed by atoms with Gasteiger partial charge < -0.3 is 9.15 Å². The average molecular weight is 655 g/mol. The minimum Gasteiger partial charge on any atom is -0.481 e. The second kappa shape index (κ2) is 11.5. The van der Waals surface area contributed by atoms with Crippen molar-refractivity contribution in [2.75, 3.05) is 0 Å². The molecule has 0 N–H and O–H groups in total. The van der Waals surface area contributed by atoms with Crippen LogP contribution in [0.3, 0.4) is 0 Å². The number of nitro benzene ring substituents is 1. The summed E-state index contributed by atoms with van der Waals surface area (Å²) in [7, 11) is 0. The van der Waals surface area contributed by atoms with Crippen LogP contribution in [0.15, 0.2) is 104 Å². The molecule has 43 heavy (non-hydrogen) atoms. The molecule has 6 aromatic rings. The maximum absolute atomic E-state index is 13.6. The molecule has 4 aromatic carbocycles. The van der Waals surface area contributed by atoms with Crippen molar-refractivity contribution in [1.29, 1.82) is 5.26 Å². The fourth-order valence-corrected chi connectivity index (χ4v) is 5.26. The highest BCUT2D eigenvalue weighted by atomic mass is 79.9. The van der Waals surface area contributed by atoms with Crippen LogP contribution < -0.4 is 10.3 Å². The van der Waals surface area contributed by atoms with Crippen LogP contribution in [-0.4, -0.2) is 20.8 Å². The largest absolute Gasteiger partial charge is 0.481 e. The van der Waals surface area contributed by atoms with Crippen LogP contribution in [0.1, 0.15) is 16.7 Å². The number of benzene rings is 4. The molecular weight excluding hydrogens is 638 g/mol. The van der Waals surface area contributed by atoms with Gasteiger partial charge in [0, 0.05) is 27.6 Å². The lowest BCUT2D eigenvalue weighted by Crippen LogP contribution is -2.20. The molecule has 12 heteroatoms. The normalized spacial score (nSPS) is 11.3. The van der Waals surface area contributed by atoms with Crippen LogP contribution in [0.25, 0.3) is 33.5 Å². The van der Waals surface area contributed by atoms with Gasteiger partial charge in [-0.25, -0.2) is 4.98 Å². The zero-order chi connectivity index (χ0) is 30.1. The molecule has 0 atom stereocenters. The Morgan fingerprint density at radius 1 is 1.12 bits per heavy atom. The zero-order valence-corrected chi connectivity index (χ0v) is 24.2. The van der Waals surface area contributed by atoms with Crippen LogP contribution in [0.2, 0.25) is 5.02 Å². The summed E-state index contributed by atoms with van der Waals surface area (Å²) in [6.45, 7) is -0.0547. The highest BCUT2D eigenvalue weighted by Gasteiger charge is 2.21. The fourth-order valence-electron chi connectivity index (χ4n) is 4.50. The number of furan rings is 1. The Bertz CT molecular complexity index is 2200. The predicted octanol–water partition coefficient (Wildman–Crippen LogP) is 7.47. The van der Waals surface area contributed by atoms with E-state index in [1.807, 2.05) is 0 Å². The highest BCUT2D eigenvalue weighted by Crippen LogP contribution is 2.37. The minimum atomic E-state index is -0.581. The van der Waals surface area contributed by atoms with E-state index in [1.165, 1.54) is 12.3 Å². The Labute approximate surface area is 256 Å². The second-order valence-corrected chi connectivity index (χ2v) is 10.6. The summed E-state index contributed by atoms with van der Waals surface area (Å²) >= 11 is 9.50. The van der Waals surface area contributed by atoms with Crippen LogP contribution in [-0.2, 0) is 6.61 Å². The SMILES string of the molecule is N#Cc1ccccc1COc1c(Br)cc(C=Nn2c(-c3cc4cc(Cl)ccc4o3)nc3ccccc3c2=O)cc1[N+](=O)[O-]. The summed E-state index contributed by atoms with van der Waals surface area (Å²) in [6.07, 6.45) is 1.31. The molecule has 2 aromatic heterocycles. The van der Waals surface area contributed by atoms with Gasteiger partial charge in [0.1, 0.15) is 12.2 Å². The van der Waals surface area contributed by atoms with Gasteiger partial charge in [0.25, 0.3) is 5.56 Å². The van der Waals surface area contributed by atoms with Crippen molar-refractivity contribution < 1.29 is 14.1 Å². The van der Waals surface area contributed by atoms with Crippen molar-refractivity contribution in [3.63, 3.8) is 0 Å². The van der Waals surface area contributed by atoms with Crippen LogP contribution in [0.4, 0.5) is 5.69 Å². The van der Waals surface area contributed by atoms with Crippen molar-refractivity contribution in [2.45, 2.75) is 6.61 Å². The summed E-state index contributed by atoms with van der Waals surface area (Å²) < 4.78 is 13.1. The van der Waals surface area contributed by atoms with E-state index >= 15 is 0 Å². The summed E-state index contributed by atoms with van der Waals surface area (Å²) in [5.41, 5.74) is 1.51. The number of hydrogen-bond acceptors (Lipinski definition) is 8. The average Bonchev–Trinajstić information content (AvgIpc) is 3.43. The van der Waals surface area contributed by atoms with E-state index in [1.54, 1.807) is 78.9 Å². The van der Waals surface area contributed by atoms with Crippen LogP contribution in [0, 0.1) is 21.4 Å². The van der Waals surface area contributed by atoms with Gasteiger partial charge in [-0.15, -0.1) is 0 Å². The Balaban J connectivity index is 1.42. The highest BCUT2D eigenvalue weighted by molar-refractivity contribution is 9.10. The van der Waals surface area contributed by atoms with Gasteiger partial charge in [-0.3, -0.25) is 14.9 Å². The summed E-state index contributed by atoms with van der Waals surface area (Å²) in [5, 5.41) is 27.3. The number of halogens is 2. The van der Waals surface area contributed by atoms with E-state index in [9.17, 15) is 20.2 Å². The minimum absolute atomic E-state index is 0.0129. The molecule has 210 valence electrons. The van der Waals surface area contributed by atoms with Gasteiger partial charge in [0.05, 0.1) is 38.1 Å². The lowest BCUT2D eigenvalue weighted by Gasteiger charge is -2.11. The third kappa shape index (κ3) is 5.49. The van der Waals surface area contributed by atoms with E-state index in [0.29, 0.717) is 43.6 Å². The van der Waals surface area contributed by atoms with Gasteiger partial charge in [0.2, 0.25) is 11.6 Å². The van der Waals surface area contributed by atoms with E-state index in [-0.39, 0.29) is 34.1 Å². The molecule has 0 aliphatic rings. The maximum atomic E-state index is 13.6. The molecule has 0 saturated heterocycles. The van der Waals surface area contributed by atoms with Crippen LogP contribution >= 0.6 is 27.5 Å². The number of ether oxygens (including phenoxy) is 1. The summed E-state index contributed by atoms with van der Waals surface area (Å²) in [4.78, 5) is 29.6. The summed E-state index contributed by atoms with van der Waals surface area (Å²) in [5.74, 6) is 0.406. The van der Waals surface area contributed by atoms with Gasteiger partial charge in [-0.2, -0.15) is 15.0 Å². The molecule has 0 amide bonds. The number of hydrogen-bond donors (Lipinski definition) is 0. The Hall–Kier alpha value is -5.31. The molecule has 0 bridgehead atoms. The third-order valence-electron chi connectivity index (χ3n) is 6.53. The van der Waals surface area contributed by atoms with Crippen molar-refractivity contribution >= 4 is 61.3 Å². The lowest BCUT2D eigenvalue weighted by molar-refractivity contribution is -0.386. The number of aromatic nitrogens is 2. The molecule has 0 unspecified atom stereocenters. The van der Waals surface area contributed by atoms with Crippen molar-refractivity contribution in [1.82, 2.24) is 9.66 Å². The number of nitro groups is 1. The second-order valence-electron chi connectivity index (χ2n) is 9.27. The first-order chi connectivity index (χ1) is 20.8. The molecule has 0 fully saturated rings. The topological polar surface area (TPSA) is 137 Å². The van der Waals surface area contributed by atoms with Gasteiger partial charge >= 0.3 is 5.69 Å². The molecule has 0 saturated carbocycles. The van der Waals surface area contributed by atoms with Gasteiger partial charge in [0.15, 0.2) is 5.76 Å². The van der Waals surface area contributed by atoms with E-state index < -0.39 is 10.5 Å². The van der Waals surface area contributed by atoms with Gasteiger partial charge in [-0.1, -0.05) is 41.9 Å². The number of rotatable bonds is 7. The van der Waals surface area contributed by atoms with E-state index in [0.717, 1.165) is 4.68 Å². The molecule has 10 nitrogen and oxygen atoms in total. The molecule has 0 aliphatic heterocycles. The van der Waals surface area contributed by atoms with Gasteiger partial charge in [-0.05, 0) is 64.5 Å². The third-order valence-corrected chi connectivity index (χ3v) is 7.35. The predicted molar refractivity (Wildman–Crippen MR) is 165 cm³/mol. The van der Waals surface area contributed by atoms with Crippen molar-refractivity contribution in [2.24, 2.45) is 5.10 Å². The van der Waals surface area contributed by atoms with E-state index in [2.05, 4.69) is 32.1 Å². The first-order valence-electron chi connectivity index (χ1n) is 12.7. The Kier molecular flexibility index (Phi) is 7.46. The Morgan fingerprint density at radius 3 is 2.72 bits per heavy atom. The zero-order valence-electron chi connectivity index (χ0n) is 21.9. The standard InChI is InChI=1S/C31H17BrClN5O5/c32-24-11-18(12-26(38(40)41)29(24)42-17-20-6-2-1-5-19(20)15-34)16-35-37-30(36-25-8-4-3-7-23(25)31(37)39)28-14-21-13-22(33)9-10-27(21)43-28/h1-14,16H,17H2. The smallest absolute Gasteiger partial charge is 0.312 e. The number of fused-ring (bicyclic) bond motifs is 2. The molecule has 2 heterocycles. The lowest BCUT2D eigenvalue weighted by atomic mass is 10.1. The molecule has 0 aliphatic carbocycles. The van der Waals surface area contributed by atoms with Crippen molar-refractivity contribution in [3.05, 3.63) is 132 Å². The molecular formula is C31H17BrClN5O5. The maximum Gasteiger partial charge on any atom is 0.312 e. The number of nitriles is 1. The van der Waals surface area contributed by atoms with Crippen LogP contribution in [0.5, 0.6) is 5.75 Å². The first kappa shape index (κ1) is 27.8. The number of nitrogens with zero attached hydrogens (tertiary/aromatic N) is 5. The molecule has 6 rings (SSSR count). The first-order valence-corrected chi connectivity index (χ1v) is 13.8. The fraction of sp³-hybridized carbons (Fsp3) is 0.0323. The van der Waals surface area contributed by atoms with E-state index in [4.69, 9.17) is 20.8 Å². The monoisotopic (exact) mass is 653 g/mol. The molecule has 0 radical (unpaired) electrons.